The summed E-state index contributed by atoms with van der Waals surface area (Å²) in [6.45, 7) is 1.91. The maximum atomic E-state index is 13.0. The number of thiazole rings is 1. The lowest BCUT2D eigenvalue weighted by Gasteiger charge is -2.35. The number of nitrogens with zero attached hydrogens (tertiary/aromatic N) is 3. The van der Waals surface area contributed by atoms with Crippen molar-refractivity contribution in [1.82, 2.24) is 14.8 Å². The van der Waals surface area contributed by atoms with Crippen molar-refractivity contribution >= 4 is 27.5 Å². The number of hydrogen-bond acceptors (Lipinski definition) is 4. The van der Waals surface area contributed by atoms with Gasteiger partial charge in [-0.15, -0.1) is 11.3 Å². The summed E-state index contributed by atoms with van der Waals surface area (Å²) in [5.41, 5.74) is 5.77. The van der Waals surface area contributed by atoms with Crippen molar-refractivity contribution in [2.24, 2.45) is 0 Å². The smallest absolute Gasteiger partial charge is 0.253 e. The predicted molar refractivity (Wildman–Crippen MR) is 112 cm³/mol. The Bertz CT molecular complexity index is 951. The Hall–Kier alpha value is -2.24. The van der Waals surface area contributed by atoms with E-state index in [0.29, 0.717) is 6.04 Å². The van der Waals surface area contributed by atoms with Crippen molar-refractivity contribution in [2.45, 2.75) is 25.3 Å². The van der Waals surface area contributed by atoms with Crippen LogP contribution >= 0.6 is 11.3 Å². The van der Waals surface area contributed by atoms with Gasteiger partial charge in [0.2, 0.25) is 0 Å². The van der Waals surface area contributed by atoms with Crippen LogP contribution in [0.15, 0.2) is 48.0 Å². The Morgan fingerprint density at radius 3 is 2.93 bits per heavy atom. The summed E-state index contributed by atoms with van der Waals surface area (Å²) in [4.78, 5) is 21.6. The monoisotopic (exact) mass is 379 g/mol. The molecule has 0 unspecified atom stereocenters. The number of piperidine rings is 1. The number of carbonyl (C=O) groups excluding carboxylic acids is 1. The number of rotatable bonds is 4. The van der Waals surface area contributed by atoms with Crippen LogP contribution in [0.2, 0.25) is 0 Å². The van der Waals surface area contributed by atoms with E-state index >= 15 is 0 Å². The first-order valence-electron chi connectivity index (χ1n) is 9.51. The predicted octanol–water partition coefficient (Wildman–Crippen LogP) is 4.52. The van der Waals surface area contributed by atoms with Crippen molar-refractivity contribution in [2.75, 3.05) is 27.2 Å². The molecule has 1 aliphatic heterocycles. The van der Waals surface area contributed by atoms with E-state index in [4.69, 9.17) is 0 Å². The van der Waals surface area contributed by atoms with Crippen LogP contribution in [0.5, 0.6) is 0 Å². The second-order valence-electron chi connectivity index (χ2n) is 7.43. The zero-order valence-corrected chi connectivity index (χ0v) is 16.7. The van der Waals surface area contributed by atoms with Gasteiger partial charge in [0.25, 0.3) is 5.91 Å². The molecule has 1 fully saturated rings. The molecule has 0 bridgehead atoms. The fourth-order valence-electron chi connectivity index (χ4n) is 3.86. The van der Waals surface area contributed by atoms with Crippen molar-refractivity contribution in [1.29, 1.82) is 0 Å². The molecule has 3 aromatic rings. The fraction of sp³-hybridized carbons (Fsp3) is 0.364. The van der Waals surface area contributed by atoms with E-state index in [1.807, 2.05) is 35.7 Å². The SMILES string of the molecule is CN(C[C@H]1CCCCN1C)C(=O)c1cccc(-c2ccc3scnc3c2)c1. The molecule has 2 heterocycles. The minimum atomic E-state index is 0.0885. The second kappa shape index (κ2) is 7.79. The first kappa shape index (κ1) is 18.1. The maximum absolute atomic E-state index is 13.0. The molecular formula is C22H25N3OS. The minimum absolute atomic E-state index is 0.0885. The van der Waals surface area contributed by atoms with Crippen LogP contribution in [0.25, 0.3) is 21.3 Å². The van der Waals surface area contributed by atoms with Gasteiger partial charge in [-0.3, -0.25) is 4.79 Å². The van der Waals surface area contributed by atoms with Crippen molar-refractivity contribution in [3.63, 3.8) is 0 Å². The van der Waals surface area contributed by atoms with Gasteiger partial charge in [0, 0.05) is 25.2 Å². The lowest BCUT2D eigenvalue weighted by molar-refractivity contribution is 0.0717. The number of likely N-dealkylation sites (tertiary alicyclic amines) is 1. The first-order valence-corrected chi connectivity index (χ1v) is 10.4. The van der Waals surface area contributed by atoms with Crippen LogP contribution in [0.4, 0.5) is 0 Å². The molecule has 0 radical (unpaired) electrons. The Morgan fingerprint density at radius 2 is 2.07 bits per heavy atom. The molecule has 1 amide bonds. The van der Waals surface area contributed by atoms with E-state index in [0.717, 1.165) is 35.3 Å². The Balaban J connectivity index is 1.53. The third kappa shape index (κ3) is 3.89. The van der Waals surface area contributed by atoms with E-state index in [9.17, 15) is 4.79 Å². The summed E-state index contributed by atoms with van der Waals surface area (Å²) in [6.07, 6.45) is 3.68. The number of likely N-dealkylation sites (N-methyl/N-ethyl adjacent to an activating group) is 2. The molecule has 1 saturated heterocycles. The molecule has 0 aliphatic carbocycles. The largest absolute Gasteiger partial charge is 0.340 e. The van der Waals surface area contributed by atoms with E-state index in [2.05, 4.69) is 41.2 Å². The number of amides is 1. The fourth-order valence-corrected chi connectivity index (χ4v) is 4.52. The topological polar surface area (TPSA) is 36.4 Å². The molecule has 1 aliphatic rings. The zero-order valence-electron chi connectivity index (χ0n) is 15.9. The molecule has 5 heteroatoms. The van der Waals surface area contributed by atoms with Gasteiger partial charge in [0.15, 0.2) is 0 Å². The highest BCUT2D eigenvalue weighted by Crippen LogP contribution is 2.27. The van der Waals surface area contributed by atoms with E-state index in [1.54, 1.807) is 11.3 Å². The van der Waals surface area contributed by atoms with Crippen LogP contribution < -0.4 is 0 Å². The van der Waals surface area contributed by atoms with Crippen LogP contribution in [0, 0.1) is 0 Å². The quantitative estimate of drug-likeness (QED) is 0.669. The number of aromatic nitrogens is 1. The van der Waals surface area contributed by atoms with E-state index in [-0.39, 0.29) is 5.91 Å². The maximum Gasteiger partial charge on any atom is 0.253 e. The van der Waals surface area contributed by atoms with Crippen LogP contribution in [0.1, 0.15) is 29.6 Å². The summed E-state index contributed by atoms with van der Waals surface area (Å²) >= 11 is 1.64. The highest BCUT2D eigenvalue weighted by molar-refractivity contribution is 7.16. The number of carbonyl (C=O) groups is 1. The normalized spacial score (nSPS) is 17.9. The van der Waals surface area contributed by atoms with Gasteiger partial charge < -0.3 is 9.80 Å². The lowest BCUT2D eigenvalue weighted by atomic mass is 10.0. The molecular weight excluding hydrogens is 354 g/mol. The van der Waals surface area contributed by atoms with Gasteiger partial charge in [-0.25, -0.2) is 4.98 Å². The molecule has 0 saturated carbocycles. The van der Waals surface area contributed by atoms with Gasteiger partial charge in [-0.1, -0.05) is 24.6 Å². The Kier molecular flexibility index (Phi) is 5.23. The molecule has 1 atom stereocenters. The lowest BCUT2D eigenvalue weighted by Crippen LogP contribution is -2.45. The van der Waals surface area contributed by atoms with E-state index < -0.39 is 0 Å². The van der Waals surface area contributed by atoms with Gasteiger partial charge in [0.05, 0.1) is 15.7 Å². The average molecular weight is 380 g/mol. The van der Waals surface area contributed by atoms with Crippen LogP contribution in [-0.2, 0) is 0 Å². The molecule has 4 nitrogen and oxygen atoms in total. The van der Waals surface area contributed by atoms with Gasteiger partial charge in [-0.2, -0.15) is 0 Å². The molecule has 2 aromatic carbocycles. The molecule has 1 aromatic heterocycles. The third-order valence-electron chi connectivity index (χ3n) is 5.53. The molecule has 0 spiro atoms. The number of fused-ring (bicyclic) bond motifs is 1. The van der Waals surface area contributed by atoms with Gasteiger partial charge in [0.1, 0.15) is 0 Å². The Labute approximate surface area is 164 Å². The summed E-state index contributed by atoms with van der Waals surface area (Å²) in [7, 11) is 4.08. The van der Waals surface area contributed by atoms with E-state index in [1.165, 1.54) is 24.0 Å². The number of hydrogen-bond donors (Lipinski definition) is 0. The molecule has 27 heavy (non-hydrogen) atoms. The van der Waals surface area contributed by atoms with Crippen molar-refractivity contribution in [3.8, 4) is 11.1 Å². The highest BCUT2D eigenvalue weighted by Gasteiger charge is 2.23. The molecule has 140 valence electrons. The minimum Gasteiger partial charge on any atom is -0.340 e. The average Bonchev–Trinajstić information content (AvgIpc) is 3.17. The van der Waals surface area contributed by atoms with Gasteiger partial charge >= 0.3 is 0 Å². The summed E-state index contributed by atoms with van der Waals surface area (Å²) in [6, 6.07) is 14.7. The van der Waals surface area contributed by atoms with Gasteiger partial charge in [-0.05, 0) is 61.8 Å². The van der Waals surface area contributed by atoms with Crippen molar-refractivity contribution in [3.05, 3.63) is 53.5 Å². The Morgan fingerprint density at radius 1 is 1.22 bits per heavy atom. The second-order valence-corrected chi connectivity index (χ2v) is 8.32. The van der Waals surface area contributed by atoms with Crippen LogP contribution in [-0.4, -0.2) is 53.9 Å². The summed E-state index contributed by atoms with van der Waals surface area (Å²) in [5, 5.41) is 0. The molecule has 0 N–H and O–H groups in total. The zero-order chi connectivity index (χ0) is 18.8. The number of benzene rings is 2. The first-order chi connectivity index (χ1) is 13.1. The standard InChI is InChI=1S/C22H25N3OS/c1-24-11-4-3-8-19(24)14-25(2)22(26)18-7-5-6-16(12-18)17-9-10-21-20(13-17)23-15-27-21/h5-7,9-10,12-13,15,19H,3-4,8,11,14H2,1-2H3/t19-/m1/s1. The van der Waals surface area contributed by atoms with Crippen LogP contribution in [0.3, 0.4) is 0 Å². The van der Waals surface area contributed by atoms with Crippen molar-refractivity contribution < 1.29 is 4.79 Å². The third-order valence-corrected chi connectivity index (χ3v) is 6.34. The molecule has 4 rings (SSSR count). The highest BCUT2D eigenvalue weighted by atomic mass is 32.1. The summed E-state index contributed by atoms with van der Waals surface area (Å²) in [5.74, 6) is 0.0885. The summed E-state index contributed by atoms with van der Waals surface area (Å²) < 4.78 is 1.18.